The fraction of sp³-hybridized carbons (Fsp3) is 0.333. The third-order valence-electron chi connectivity index (χ3n) is 3.83. The molecule has 0 aliphatic carbocycles. The predicted octanol–water partition coefficient (Wildman–Crippen LogP) is 2.26. The number of carboxylic acids is 1. The van der Waals surface area contributed by atoms with Crippen LogP contribution >= 0.6 is 11.3 Å². The lowest BCUT2D eigenvalue weighted by atomic mass is 9.89. The summed E-state index contributed by atoms with van der Waals surface area (Å²) in [7, 11) is 0. The molecule has 1 amide bonds. The van der Waals surface area contributed by atoms with Crippen LogP contribution in [0.15, 0.2) is 29.6 Å². The molecule has 2 N–H and O–H groups in total. The Balaban J connectivity index is 1.91. The second kappa shape index (κ2) is 5.46. The third-order valence-corrected chi connectivity index (χ3v) is 4.80. The minimum Gasteiger partial charge on any atom is -0.480 e. The molecule has 3 rings (SSSR count). The van der Waals surface area contributed by atoms with Crippen LogP contribution in [0.5, 0.6) is 0 Å². The van der Waals surface area contributed by atoms with E-state index in [1.165, 1.54) is 11.3 Å². The van der Waals surface area contributed by atoms with Gasteiger partial charge in [-0.15, -0.1) is 11.3 Å². The Morgan fingerprint density at radius 3 is 2.71 bits per heavy atom. The van der Waals surface area contributed by atoms with Gasteiger partial charge < -0.3 is 15.2 Å². The van der Waals surface area contributed by atoms with Crippen LogP contribution in [0, 0.1) is 0 Å². The summed E-state index contributed by atoms with van der Waals surface area (Å²) < 4.78 is 6.08. The zero-order valence-electron chi connectivity index (χ0n) is 11.3. The monoisotopic (exact) mass is 305 g/mol. The lowest BCUT2D eigenvalue weighted by Crippen LogP contribution is -2.57. The SMILES string of the molecule is O=C(NC1(C(=O)O)CCOCC1)c1cccc2ccsc12. The van der Waals surface area contributed by atoms with Crippen LogP contribution in [0.25, 0.3) is 10.1 Å². The highest BCUT2D eigenvalue weighted by molar-refractivity contribution is 7.17. The highest BCUT2D eigenvalue weighted by Crippen LogP contribution is 2.27. The van der Waals surface area contributed by atoms with Crippen LogP contribution < -0.4 is 5.32 Å². The molecule has 0 spiro atoms. The van der Waals surface area contributed by atoms with E-state index in [-0.39, 0.29) is 18.7 Å². The first-order valence-corrected chi connectivity index (χ1v) is 7.60. The second-order valence-corrected chi connectivity index (χ2v) is 6.01. The zero-order chi connectivity index (χ0) is 14.9. The summed E-state index contributed by atoms with van der Waals surface area (Å²) in [5, 5.41) is 15.1. The molecule has 0 radical (unpaired) electrons. The molecule has 1 aliphatic heterocycles. The van der Waals surface area contributed by atoms with Crippen LogP contribution in [-0.4, -0.2) is 35.7 Å². The Labute approximate surface area is 125 Å². The normalized spacial score (nSPS) is 17.5. The number of ether oxygens (including phenoxy) is 1. The molecule has 1 fully saturated rings. The van der Waals surface area contributed by atoms with E-state index in [4.69, 9.17) is 4.74 Å². The van der Waals surface area contributed by atoms with Gasteiger partial charge in [0.1, 0.15) is 5.54 Å². The van der Waals surface area contributed by atoms with Crippen molar-refractivity contribution in [1.29, 1.82) is 0 Å². The van der Waals surface area contributed by atoms with Gasteiger partial charge in [-0.3, -0.25) is 4.79 Å². The lowest BCUT2D eigenvalue weighted by Gasteiger charge is -2.33. The Hall–Kier alpha value is -1.92. The van der Waals surface area contributed by atoms with Gasteiger partial charge in [0.2, 0.25) is 0 Å². The average molecular weight is 305 g/mol. The molecule has 1 aliphatic rings. The van der Waals surface area contributed by atoms with E-state index < -0.39 is 11.5 Å². The minimum absolute atomic E-state index is 0.286. The van der Waals surface area contributed by atoms with Gasteiger partial charge in [0.25, 0.3) is 5.91 Å². The van der Waals surface area contributed by atoms with Crippen molar-refractivity contribution >= 4 is 33.3 Å². The predicted molar refractivity (Wildman–Crippen MR) is 79.7 cm³/mol. The topological polar surface area (TPSA) is 75.6 Å². The van der Waals surface area contributed by atoms with E-state index in [2.05, 4.69) is 5.32 Å². The molecule has 5 nitrogen and oxygen atoms in total. The van der Waals surface area contributed by atoms with Crippen LogP contribution in [0.1, 0.15) is 23.2 Å². The molecule has 0 unspecified atom stereocenters. The number of hydrogen-bond acceptors (Lipinski definition) is 4. The zero-order valence-corrected chi connectivity index (χ0v) is 12.1. The standard InChI is InChI=1S/C15H15NO4S/c17-13(11-3-1-2-10-4-9-21-12(10)11)16-15(14(18)19)5-7-20-8-6-15/h1-4,9H,5-8H2,(H,16,17)(H,18,19). The van der Waals surface area contributed by atoms with Crippen molar-refractivity contribution in [3.63, 3.8) is 0 Å². The van der Waals surface area contributed by atoms with Crippen LogP contribution in [-0.2, 0) is 9.53 Å². The minimum atomic E-state index is -1.23. The molecule has 6 heteroatoms. The Morgan fingerprint density at radius 2 is 2.00 bits per heavy atom. The lowest BCUT2D eigenvalue weighted by molar-refractivity contribution is -0.148. The smallest absolute Gasteiger partial charge is 0.329 e. The van der Waals surface area contributed by atoms with Gasteiger partial charge in [0.05, 0.1) is 5.56 Å². The third kappa shape index (κ3) is 2.52. The molecule has 2 aromatic rings. The Bertz CT molecular complexity index is 688. The van der Waals surface area contributed by atoms with Crippen LogP contribution in [0.4, 0.5) is 0 Å². The number of hydrogen-bond donors (Lipinski definition) is 2. The maximum absolute atomic E-state index is 12.5. The highest BCUT2D eigenvalue weighted by atomic mass is 32.1. The summed E-state index contributed by atoms with van der Waals surface area (Å²) in [6.45, 7) is 0.686. The highest BCUT2D eigenvalue weighted by Gasteiger charge is 2.41. The van der Waals surface area contributed by atoms with Crippen molar-refractivity contribution in [3.8, 4) is 0 Å². The molecule has 110 valence electrons. The van der Waals surface area contributed by atoms with Crippen LogP contribution in [0.2, 0.25) is 0 Å². The van der Waals surface area contributed by atoms with Gasteiger partial charge in [0.15, 0.2) is 0 Å². The number of carboxylic acid groups (broad SMARTS) is 1. The van der Waals surface area contributed by atoms with E-state index in [9.17, 15) is 14.7 Å². The molecule has 0 atom stereocenters. The number of amides is 1. The van der Waals surface area contributed by atoms with Crippen molar-refractivity contribution in [2.24, 2.45) is 0 Å². The second-order valence-electron chi connectivity index (χ2n) is 5.10. The number of nitrogens with one attached hydrogen (secondary N) is 1. The fourth-order valence-electron chi connectivity index (χ4n) is 2.57. The van der Waals surface area contributed by atoms with Gasteiger partial charge in [-0.2, -0.15) is 0 Å². The van der Waals surface area contributed by atoms with Crippen molar-refractivity contribution in [2.75, 3.05) is 13.2 Å². The van der Waals surface area contributed by atoms with E-state index in [1.807, 2.05) is 17.5 Å². The van der Waals surface area contributed by atoms with E-state index >= 15 is 0 Å². The summed E-state index contributed by atoms with van der Waals surface area (Å²) in [5.74, 6) is -1.34. The van der Waals surface area contributed by atoms with Crippen molar-refractivity contribution in [3.05, 3.63) is 35.2 Å². The van der Waals surface area contributed by atoms with Gasteiger partial charge >= 0.3 is 5.97 Å². The van der Waals surface area contributed by atoms with Crippen molar-refractivity contribution < 1.29 is 19.4 Å². The van der Waals surface area contributed by atoms with E-state index in [0.29, 0.717) is 18.8 Å². The summed E-state index contributed by atoms with van der Waals surface area (Å²) in [6, 6.07) is 7.41. The number of thiophene rings is 1. The molecule has 2 heterocycles. The first kappa shape index (κ1) is 14.0. The molecule has 1 aromatic heterocycles. The van der Waals surface area contributed by atoms with E-state index in [0.717, 1.165) is 10.1 Å². The number of rotatable bonds is 3. The van der Waals surface area contributed by atoms with Crippen LogP contribution in [0.3, 0.4) is 0 Å². The average Bonchev–Trinajstić information content (AvgIpc) is 2.96. The number of benzene rings is 1. The Morgan fingerprint density at radius 1 is 1.24 bits per heavy atom. The van der Waals surface area contributed by atoms with Gasteiger partial charge in [-0.1, -0.05) is 12.1 Å². The molecule has 1 aromatic carbocycles. The summed E-state index contributed by atoms with van der Waals surface area (Å²) in [5.41, 5.74) is -0.705. The van der Waals surface area contributed by atoms with Gasteiger partial charge in [-0.25, -0.2) is 4.79 Å². The molecule has 21 heavy (non-hydrogen) atoms. The fourth-order valence-corrected chi connectivity index (χ4v) is 3.48. The number of carbonyl (C=O) groups is 2. The summed E-state index contributed by atoms with van der Waals surface area (Å²) in [4.78, 5) is 24.1. The first-order valence-electron chi connectivity index (χ1n) is 6.72. The molecule has 1 saturated heterocycles. The Kier molecular flexibility index (Phi) is 3.65. The number of fused-ring (bicyclic) bond motifs is 1. The quantitative estimate of drug-likeness (QED) is 0.912. The van der Waals surface area contributed by atoms with E-state index in [1.54, 1.807) is 12.1 Å². The first-order chi connectivity index (χ1) is 10.1. The van der Waals surface area contributed by atoms with Crippen molar-refractivity contribution in [2.45, 2.75) is 18.4 Å². The maximum Gasteiger partial charge on any atom is 0.329 e. The summed E-state index contributed by atoms with van der Waals surface area (Å²) in [6.07, 6.45) is 0.572. The number of aliphatic carboxylic acids is 1. The molecule has 0 saturated carbocycles. The van der Waals surface area contributed by atoms with Gasteiger partial charge in [-0.05, 0) is 22.9 Å². The molecular formula is C15H15NO4S. The number of carbonyl (C=O) groups excluding carboxylic acids is 1. The maximum atomic E-state index is 12.5. The molecule has 0 bridgehead atoms. The summed E-state index contributed by atoms with van der Waals surface area (Å²) >= 11 is 1.48. The van der Waals surface area contributed by atoms with Gasteiger partial charge in [0, 0.05) is 30.8 Å². The largest absolute Gasteiger partial charge is 0.480 e. The van der Waals surface area contributed by atoms with Crippen molar-refractivity contribution in [1.82, 2.24) is 5.32 Å². The molecular weight excluding hydrogens is 290 g/mol.